The van der Waals surface area contributed by atoms with Crippen molar-refractivity contribution in [3.63, 3.8) is 0 Å². The van der Waals surface area contributed by atoms with Crippen molar-refractivity contribution in [1.82, 2.24) is 4.90 Å². The first-order valence-corrected chi connectivity index (χ1v) is 8.12. The standard InChI is InChI=1S/C17H23F3N2/c18-17(19,20)14-5-3-4-12(10-14)13-6-7-15(21)16(11-13)22-8-1-2-9-22/h3-5,10,13,15-16H,1-2,6-9,11,21H2/t13-,15?,16-/m0/s1. The van der Waals surface area contributed by atoms with Gasteiger partial charge in [0.05, 0.1) is 5.56 Å². The fourth-order valence-corrected chi connectivity index (χ4v) is 3.93. The summed E-state index contributed by atoms with van der Waals surface area (Å²) in [6.45, 7) is 2.15. The van der Waals surface area contributed by atoms with E-state index in [9.17, 15) is 13.2 Å². The lowest BCUT2D eigenvalue weighted by molar-refractivity contribution is -0.137. The van der Waals surface area contributed by atoms with Crippen molar-refractivity contribution in [3.8, 4) is 0 Å². The Hall–Kier alpha value is -1.07. The first kappa shape index (κ1) is 15.8. The molecule has 0 spiro atoms. The number of hydrogen-bond acceptors (Lipinski definition) is 2. The Kier molecular flexibility index (Phi) is 4.46. The molecule has 1 aromatic rings. The molecule has 122 valence electrons. The highest BCUT2D eigenvalue weighted by molar-refractivity contribution is 5.29. The Balaban J connectivity index is 1.77. The van der Waals surface area contributed by atoms with E-state index >= 15 is 0 Å². The first-order valence-electron chi connectivity index (χ1n) is 8.12. The van der Waals surface area contributed by atoms with E-state index in [0.717, 1.165) is 44.0 Å². The van der Waals surface area contributed by atoms with E-state index in [4.69, 9.17) is 5.73 Å². The van der Waals surface area contributed by atoms with Gasteiger partial charge in [-0.25, -0.2) is 0 Å². The molecule has 3 rings (SSSR count). The Morgan fingerprint density at radius 1 is 1.09 bits per heavy atom. The summed E-state index contributed by atoms with van der Waals surface area (Å²) in [5, 5.41) is 0. The zero-order valence-corrected chi connectivity index (χ0v) is 12.6. The van der Waals surface area contributed by atoms with Crippen molar-refractivity contribution in [2.45, 2.75) is 56.3 Å². The van der Waals surface area contributed by atoms with Crippen molar-refractivity contribution in [3.05, 3.63) is 35.4 Å². The van der Waals surface area contributed by atoms with Gasteiger partial charge in [0.15, 0.2) is 0 Å². The van der Waals surface area contributed by atoms with Crippen LogP contribution in [0, 0.1) is 0 Å². The third kappa shape index (κ3) is 3.30. The van der Waals surface area contributed by atoms with Gasteiger partial charge in [-0.2, -0.15) is 13.2 Å². The molecule has 1 saturated carbocycles. The van der Waals surface area contributed by atoms with Gasteiger partial charge in [0.1, 0.15) is 0 Å². The number of benzene rings is 1. The molecule has 1 aliphatic heterocycles. The number of nitrogens with zero attached hydrogens (tertiary/aromatic N) is 1. The molecule has 2 nitrogen and oxygen atoms in total. The molecule has 3 atom stereocenters. The first-order chi connectivity index (χ1) is 10.4. The number of nitrogens with two attached hydrogens (primary N) is 1. The Bertz CT molecular complexity index is 509. The summed E-state index contributed by atoms with van der Waals surface area (Å²) in [5.74, 6) is 0.188. The second-order valence-electron chi connectivity index (χ2n) is 6.61. The molecule has 1 heterocycles. The second-order valence-corrected chi connectivity index (χ2v) is 6.61. The zero-order chi connectivity index (χ0) is 15.7. The van der Waals surface area contributed by atoms with Gasteiger partial charge in [-0.3, -0.25) is 4.90 Å². The molecule has 0 amide bonds. The summed E-state index contributed by atoms with van der Waals surface area (Å²) < 4.78 is 38.7. The molecule has 1 aromatic carbocycles. The zero-order valence-electron chi connectivity index (χ0n) is 12.6. The Morgan fingerprint density at radius 2 is 1.82 bits per heavy atom. The lowest BCUT2D eigenvalue weighted by Crippen LogP contribution is -2.49. The maximum atomic E-state index is 12.9. The normalized spacial score (nSPS) is 30.6. The summed E-state index contributed by atoms with van der Waals surface area (Å²) in [6.07, 6.45) is 0.793. The predicted molar refractivity (Wildman–Crippen MR) is 80.6 cm³/mol. The summed E-state index contributed by atoms with van der Waals surface area (Å²) in [4.78, 5) is 2.43. The number of halogens is 3. The number of likely N-dealkylation sites (tertiary alicyclic amines) is 1. The van der Waals surface area contributed by atoms with E-state index < -0.39 is 11.7 Å². The van der Waals surface area contributed by atoms with Crippen LogP contribution in [0.3, 0.4) is 0 Å². The number of hydrogen-bond donors (Lipinski definition) is 1. The van der Waals surface area contributed by atoms with Crippen LogP contribution in [0.4, 0.5) is 13.2 Å². The van der Waals surface area contributed by atoms with E-state index in [0.29, 0.717) is 6.04 Å². The molecule has 0 radical (unpaired) electrons. The smallest absolute Gasteiger partial charge is 0.326 e. The van der Waals surface area contributed by atoms with Crippen LogP contribution in [0.5, 0.6) is 0 Å². The van der Waals surface area contributed by atoms with E-state index in [1.54, 1.807) is 0 Å². The fourth-order valence-electron chi connectivity index (χ4n) is 3.93. The van der Waals surface area contributed by atoms with Crippen LogP contribution < -0.4 is 5.73 Å². The van der Waals surface area contributed by atoms with Gasteiger partial charge < -0.3 is 5.73 Å². The molecule has 1 unspecified atom stereocenters. The molecule has 2 N–H and O–H groups in total. The third-order valence-electron chi connectivity index (χ3n) is 5.16. The monoisotopic (exact) mass is 312 g/mol. The minimum Gasteiger partial charge on any atom is -0.326 e. The van der Waals surface area contributed by atoms with Crippen molar-refractivity contribution < 1.29 is 13.2 Å². The van der Waals surface area contributed by atoms with Crippen LogP contribution in [0.1, 0.15) is 49.1 Å². The van der Waals surface area contributed by atoms with Gasteiger partial charge in [-0.1, -0.05) is 18.2 Å². The van der Waals surface area contributed by atoms with E-state index in [2.05, 4.69) is 4.90 Å². The van der Waals surface area contributed by atoms with Crippen molar-refractivity contribution >= 4 is 0 Å². The van der Waals surface area contributed by atoms with Gasteiger partial charge in [-0.05, 0) is 62.7 Å². The van der Waals surface area contributed by atoms with Gasteiger partial charge in [-0.15, -0.1) is 0 Å². The van der Waals surface area contributed by atoms with Crippen LogP contribution in [0.15, 0.2) is 24.3 Å². The third-order valence-corrected chi connectivity index (χ3v) is 5.16. The van der Waals surface area contributed by atoms with Gasteiger partial charge >= 0.3 is 6.18 Å². The molecule has 0 aromatic heterocycles. The summed E-state index contributed by atoms with van der Waals surface area (Å²) >= 11 is 0. The molecule has 1 aliphatic carbocycles. The van der Waals surface area contributed by atoms with E-state index in [-0.39, 0.29) is 12.0 Å². The molecule has 22 heavy (non-hydrogen) atoms. The average Bonchev–Trinajstić information content (AvgIpc) is 3.01. The SMILES string of the molecule is NC1CC[C@H](c2cccc(C(F)(F)F)c2)C[C@@H]1N1CCCC1. The van der Waals surface area contributed by atoms with E-state index in [1.807, 2.05) is 6.07 Å². The average molecular weight is 312 g/mol. The molecular weight excluding hydrogens is 289 g/mol. The van der Waals surface area contributed by atoms with Gasteiger partial charge in [0.25, 0.3) is 0 Å². The lowest BCUT2D eigenvalue weighted by Gasteiger charge is -2.39. The predicted octanol–water partition coefficient (Wildman–Crippen LogP) is 3.76. The quantitative estimate of drug-likeness (QED) is 0.901. The van der Waals surface area contributed by atoms with Crippen LogP contribution >= 0.6 is 0 Å². The van der Waals surface area contributed by atoms with Crippen LogP contribution in [-0.4, -0.2) is 30.1 Å². The Labute approximate surface area is 129 Å². The molecular formula is C17H23F3N2. The lowest BCUT2D eigenvalue weighted by atomic mass is 9.78. The van der Waals surface area contributed by atoms with Crippen molar-refractivity contribution in [2.24, 2.45) is 5.73 Å². The summed E-state index contributed by atoms with van der Waals surface area (Å²) in [5.41, 5.74) is 6.54. The molecule has 2 aliphatic rings. The summed E-state index contributed by atoms with van der Waals surface area (Å²) in [7, 11) is 0. The molecule has 0 bridgehead atoms. The van der Waals surface area contributed by atoms with E-state index in [1.165, 1.54) is 25.0 Å². The topological polar surface area (TPSA) is 29.3 Å². The highest BCUT2D eigenvalue weighted by atomic mass is 19.4. The highest BCUT2D eigenvalue weighted by Crippen LogP contribution is 2.38. The second kappa shape index (κ2) is 6.20. The largest absolute Gasteiger partial charge is 0.416 e. The fraction of sp³-hybridized carbons (Fsp3) is 0.647. The molecule has 5 heteroatoms. The van der Waals surface area contributed by atoms with Crippen molar-refractivity contribution in [2.75, 3.05) is 13.1 Å². The highest BCUT2D eigenvalue weighted by Gasteiger charge is 2.35. The van der Waals surface area contributed by atoms with Crippen LogP contribution in [0.25, 0.3) is 0 Å². The molecule has 1 saturated heterocycles. The van der Waals surface area contributed by atoms with Crippen molar-refractivity contribution in [1.29, 1.82) is 0 Å². The van der Waals surface area contributed by atoms with Gasteiger partial charge in [0.2, 0.25) is 0 Å². The van der Waals surface area contributed by atoms with Gasteiger partial charge in [0, 0.05) is 12.1 Å². The summed E-state index contributed by atoms with van der Waals surface area (Å²) in [6, 6.07) is 6.30. The minimum atomic E-state index is -4.27. The maximum Gasteiger partial charge on any atom is 0.416 e. The van der Waals surface area contributed by atoms with Crippen LogP contribution in [-0.2, 0) is 6.18 Å². The molecule has 2 fully saturated rings. The number of alkyl halides is 3. The minimum absolute atomic E-state index is 0.153. The maximum absolute atomic E-state index is 12.9. The Morgan fingerprint density at radius 3 is 2.50 bits per heavy atom. The number of rotatable bonds is 2. The van der Waals surface area contributed by atoms with Crippen LogP contribution in [0.2, 0.25) is 0 Å².